The second-order valence-corrected chi connectivity index (χ2v) is 22.5. The van der Waals surface area contributed by atoms with Crippen molar-refractivity contribution in [1.29, 1.82) is 0 Å². The Kier molecular flexibility index (Phi) is 14.3. The van der Waals surface area contributed by atoms with Crippen molar-refractivity contribution in [1.82, 2.24) is 20.2 Å². The fourth-order valence-electron chi connectivity index (χ4n) is 8.48. The van der Waals surface area contributed by atoms with E-state index >= 15 is 0 Å². The van der Waals surface area contributed by atoms with Gasteiger partial charge in [0.05, 0.1) is 46.5 Å². The molecule has 15 nitrogen and oxygen atoms in total. The number of benzene rings is 4. The van der Waals surface area contributed by atoms with Crippen LogP contribution in [0.3, 0.4) is 0 Å². The number of pyridine rings is 2. The Morgan fingerprint density at radius 1 is 0.618 bits per heavy atom. The minimum atomic E-state index is -3.84. The van der Waals surface area contributed by atoms with Crippen molar-refractivity contribution < 1.29 is 50.2 Å². The number of amides is 1. The number of ether oxygens (including phenoxy) is 4. The van der Waals surface area contributed by atoms with E-state index in [1.54, 1.807) is 45.0 Å². The number of esters is 2. The topological polar surface area (TPSA) is 197 Å². The van der Waals surface area contributed by atoms with Crippen molar-refractivity contribution in [2.45, 2.75) is 57.6 Å². The molecule has 8 rings (SSSR count). The molecule has 6 aromatic rings. The van der Waals surface area contributed by atoms with E-state index in [1.807, 2.05) is 74.5 Å². The first kappa shape index (κ1) is 49.5. The lowest BCUT2D eigenvalue weighted by molar-refractivity contribution is -0.169. The molecule has 68 heavy (non-hydrogen) atoms. The molecule has 17 heteroatoms. The summed E-state index contributed by atoms with van der Waals surface area (Å²) in [5, 5.41) is 4.98. The molecule has 1 amide bonds. The van der Waals surface area contributed by atoms with Gasteiger partial charge in [-0.25, -0.2) is 16.8 Å². The van der Waals surface area contributed by atoms with Crippen LogP contribution in [0.25, 0.3) is 21.8 Å². The standard InChI is InChI=1S/C28H32N2O6S.C23H24N2O5S/c1-19-14-20(23-8-6-7-9-24(23)29-19)15-36-21-10-12-22(13-11-21)37(33,34)18-28(26(32)35-5)16-30(17-28)25(31)27(2,3)4;1-16-11-17(20-5-3-4-6-21(20)25-16)12-30-18-7-9-19(10-8-18)31(27,28)15-23(13-24-14-23)22(26)29-2/h6-14H,15-18H2,1-5H3;3-11,24H,12-15H2,1-2H3. The van der Waals surface area contributed by atoms with Crippen LogP contribution in [0.5, 0.6) is 11.5 Å². The highest BCUT2D eigenvalue weighted by Crippen LogP contribution is 2.38. The summed E-state index contributed by atoms with van der Waals surface area (Å²) in [6, 6.07) is 32.1. The van der Waals surface area contributed by atoms with Gasteiger partial charge in [0, 0.05) is 64.9 Å². The predicted molar refractivity (Wildman–Crippen MR) is 256 cm³/mol. The van der Waals surface area contributed by atoms with Crippen LogP contribution in [-0.4, -0.2) is 101 Å². The fraction of sp³-hybridized carbons (Fsp3) is 0.353. The number of hydrogen-bond donors (Lipinski definition) is 1. The number of hydrogen-bond acceptors (Lipinski definition) is 14. The number of carbonyl (C=O) groups is 3. The summed E-state index contributed by atoms with van der Waals surface area (Å²) in [6.45, 7) is 10.5. The van der Waals surface area contributed by atoms with Crippen LogP contribution in [0.2, 0.25) is 0 Å². The Morgan fingerprint density at radius 3 is 1.40 bits per heavy atom. The lowest BCUT2D eigenvalue weighted by Gasteiger charge is -2.49. The molecule has 2 saturated heterocycles. The molecule has 2 aliphatic rings. The highest BCUT2D eigenvalue weighted by atomic mass is 32.2. The van der Waals surface area contributed by atoms with Crippen LogP contribution in [-0.2, 0) is 56.7 Å². The zero-order chi connectivity index (χ0) is 49.1. The molecule has 0 atom stereocenters. The smallest absolute Gasteiger partial charge is 0.316 e. The van der Waals surface area contributed by atoms with Gasteiger partial charge in [0.25, 0.3) is 0 Å². The lowest BCUT2D eigenvalue weighted by atomic mass is 9.79. The Labute approximate surface area is 397 Å². The molecule has 1 N–H and O–H groups in total. The van der Waals surface area contributed by atoms with Gasteiger partial charge in [-0.1, -0.05) is 57.2 Å². The summed E-state index contributed by atoms with van der Waals surface area (Å²) in [4.78, 5) is 48.0. The quantitative estimate of drug-likeness (QED) is 0.115. The molecule has 4 heterocycles. The Balaban J connectivity index is 0.000000204. The maximum atomic E-state index is 13.2. The van der Waals surface area contributed by atoms with Gasteiger partial charge in [-0.05, 0) is 86.6 Å². The molecular formula is C51H56N4O11S2. The number of sulfone groups is 2. The first-order valence-electron chi connectivity index (χ1n) is 22.0. The number of aryl methyl sites for hydroxylation is 2. The molecule has 2 aliphatic heterocycles. The number of methoxy groups -OCH3 is 2. The molecular weight excluding hydrogens is 909 g/mol. The fourth-order valence-corrected chi connectivity index (χ4v) is 12.0. The third-order valence-electron chi connectivity index (χ3n) is 12.0. The second kappa shape index (κ2) is 19.7. The zero-order valence-electron chi connectivity index (χ0n) is 39.2. The van der Waals surface area contributed by atoms with Crippen molar-refractivity contribution in [3.8, 4) is 11.5 Å². The molecule has 0 unspecified atom stereocenters. The highest BCUT2D eigenvalue weighted by Gasteiger charge is 2.56. The molecule has 0 bridgehead atoms. The van der Waals surface area contributed by atoms with Crippen molar-refractivity contribution in [3.05, 3.63) is 132 Å². The number of fused-ring (bicyclic) bond motifs is 2. The number of carbonyl (C=O) groups excluding carboxylic acids is 3. The summed E-state index contributed by atoms with van der Waals surface area (Å²) in [6.07, 6.45) is 0. The third kappa shape index (κ3) is 10.8. The van der Waals surface area contributed by atoms with E-state index in [1.165, 1.54) is 43.4 Å². The highest BCUT2D eigenvalue weighted by molar-refractivity contribution is 7.91. The summed E-state index contributed by atoms with van der Waals surface area (Å²) < 4.78 is 73.8. The molecule has 0 radical (unpaired) electrons. The van der Waals surface area contributed by atoms with Crippen LogP contribution >= 0.6 is 0 Å². The van der Waals surface area contributed by atoms with Crippen molar-refractivity contribution >= 4 is 59.3 Å². The van der Waals surface area contributed by atoms with Gasteiger partial charge >= 0.3 is 11.9 Å². The number of para-hydroxylation sites is 2. The van der Waals surface area contributed by atoms with E-state index in [0.717, 1.165) is 44.3 Å². The Bertz CT molecular complexity index is 3070. The van der Waals surface area contributed by atoms with E-state index in [0.29, 0.717) is 37.8 Å². The lowest BCUT2D eigenvalue weighted by Crippen LogP contribution is -2.66. The zero-order valence-corrected chi connectivity index (χ0v) is 40.8. The summed E-state index contributed by atoms with van der Waals surface area (Å²) in [7, 11) is -5.00. The van der Waals surface area contributed by atoms with Gasteiger partial charge in [-0.15, -0.1) is 0 Å². The summed E-state index contributed by atoms with van der Waals surface area (Å²) in [5.41, 5.74) is 2.65. The number of nitrogens with zero attached hydrogens (tertiary/aromatic N) is 3. The van der Waals surface area contributed by atoms with Gasteiger partial charge in [-0.3, -0.25) is 24.4 Å². The first-order valence-corrected chi connectivity index (χ1v) is 25.3. The van der Waals surface area contributed by atoms with Crippen LogP contribution in [0.15, 0.2) is 119 Å². The van der Waals surface area contributed by atoms with Crippen molar-refractivity contribution in [2.24, 2.45) is 16.2 Å². The van der Waals surface area contributed by atoms with Gasteiger partial charge < -0.3 is 29.2 Å². The van der Waals surface area contributed by atoms with Gasteiger partial charge in [-0.2, -0.15) is 0 Å². The normalized spacial score (nSPS) is 15.2. The van der Waals surface area contributed by atoms with Gasteiger partial charge in [0.15, 0.2) is 19.7 Å². The number of rotatable bonds is 14. The van der Waals surface area contributed by atoms with Crippen LogP contribution in [0.1, 0.15) is 43.3 Å². The molecule has 4 aromatic carbocycles. The maximum absolute atomic E-state index is 13.2. The molecule has 2 fully saturated rings. The summed E-state index contributed by atoms with van der Waals surface area (Å²) in [5.74, 6) is -0.923. The second-order valence-electron chi connectivity index (χ2n) is 18.5. The largest absolute Gasteiger partial charge is 0.489 e. The van der Waals surface area contributed by atoms with Crippen LogP contribution in [0.4, 0.5) is 0 Å². The van der Waals surface area contributed by atoms with E-state index < -0.39 is 53.6 Å². The minimum Gasteiger partial charge on any atom is -0.489 e. The molecule has 2 aromatic heterocycles. The van der Waals surface area contributed by atoms with E-state index in [-0.39, 0.29) is 34.5 Å². The third-order valence-corrected chi connectivity index (χ3v) is 15.9. The Hall–Kier alpha value is -6.43. The minimum absolute atomic E-state index is 0.00943. The molecule has 0 spiro atoms. The van der Waals surface area contributed by atoms with E-state index in [4.69, 9.17) is 18.9 Å². The van der Waals surface area contributed by atoms with Gasteiger partial charge in [0.2, 0.25) is 5.91 Å². The van der Waals surface area contributed by atoms with E-state index in [2.05, 4.69) is 15.3 Å². The SMILES string of the molecule is COC(=O)C1(CS(=O)(=O)c2ccc(OCc3cc(C)nc4ccccc34)cc2)CN(C(=O)C(C)(C)C)C1.COC(=O)C1(CS(=O)(=O)c2ccc(OCc3cc(C)nc4ccccc34)cc2)CNC1. The Morgan fingerprint density at radius 2 is 1.01 bits per heavy atom. The molecule has 358 valence electrons. The average molecular weight is 965 g/mol. The van der Waals surface area contributed by atoms with Crippen LogP contribution < -0.4 is 14.8 Å². The average Bonchev–Trinajstić information content (AvgIpc) is 3.29. The number of nitrogens with one attached hydrogen (secondary N) is 1. The summed E-state index contributed by atoms with van der Waals surface area (Å²) >= 11 is 0. The molecule has 0 saturated carbocycles. The number of likely N-dealkylation sites (tertiary alicyclic amines) is 1. The molecule has 0 aliphatic carbocycles. The monoisotopic (exact) mass is 964 g/mol. The van der Waals surface area contributed by atoms with Gasteiger partial charge in [0.1, 0.15) is 35.5 Å². The maximum Gasteiger partial charge on any atom is 0.316 e. The van der Waals surface area contributed by atoms with Crippen LogP contribution in [0, 0.1) is 30.1 Å². The van der Waals surface area contributed by atoms with E-state index in [9.17, 15) is 31.2 Å². The van der Waals surface area contributed by atoms with Crippen molar-refractivity contribution in [2.75, 3.05) is 51.9 Å². The number of aromatic nitrogens is 2. The predicted octanol–water partition coefficient (Wildman–Crippen LogP) is 6.60. The van der Waals surface area contributed by atoms with Crippen molar-refractivity contribution in [3.63, 3.8) is 0 Å². The first-order chi connectivity index (χ1) is 32.2.